The van der Waals surface area contributed by atoms with Crippen LogP contribution in [-0.4, -0.2) is 43.2 Å². The third kappa shape index (κ3) is 4.70. The van der Waals surface area contributed by atoms with Crippen LogP contribution in [-0.2, 0) is 0 Å². The summed E-state index contributed by atoms with van der Waals surface area (Å²) < 4.78 is 68.0. The van der Waals surface area contributed by atoms with Crippen LogP contribution in [0.15, 0.2) is 42.9 Å². The lowest BCUT2D eigenvalue weighted by Crippen LogP contribution is -2.33. The van der Waals surface area contributed by atoms with Gasteiger partial charge in [0.25, 0.3) is 5.91 Å². The van der Waals surface area contributed by atoms with Crippen LogP contribution in [0.5, 0.6) is 0 Å². The van der Waals surface area contributed by atoms with Gasteiger partial charge in [-0.2, -0.15) is 18.3 Å². The standard InChI is InChI=1S/C22H14ClF5N8O/c23-11-4-15-16(5-12(11)24)35-21(34-15)33-14-2-1-9(3-13(14)25)17-10(20(37)30-7-22(26,27)28)6-36-18(17)19(29)31-8-32-36/h1-6,8H,7H2,(H,30,37)(H2,29,31,32)(H2,33,34,35). The Bertz CT molecular complexity index is 1640. The fraction of sp³-hybridized carbons (Fsp3) is 0.0909. The first kappa shape index (κ1) is 24.2. The molecule has 3 aromatic heterocycles. The van der Waals surface area contributed by atoms with E-state index < -0.39 is 30.3 Å². The summed E-state index contributed by atoms with van der Waals surface area (Å²) in [6.07, 6.45) is -2.36. The van der Waals surface area contributed by atoms with Gasteiger partial charge in [0.1, 0.15) is 30.0 Å². The number of aromatic amines is 1. The zero-order valence-electron chi connectivity index (χ0n) is 18.3. The van der Waals surface area contributed by atoms with Gasteiger partial charge in [-0.25, -0.2) is 23.3 Å². The number of hydrogen-bond donors (Lipinski definition) is 4. The Labute approximate surface area is 208 Å². The summed E-state index contributed by atoms with van der Waals surface area (Å²) in [5, 5.41) is 8.33. The molecule has 0 aliphatic heterocycles. The number of aromatic nitrogens is 5. The van der Waals surface area contributed by atoms with Crippen molar-refractivity contribution in [2.75, 3.05) is 17.6 Å². The van der Waals surface area contributed by atoms with E-state index in [-0.39, 0.29) is 44.7 Å². The Kier molecular flexibility index (Phi) is 5.82. The van der Waals surface area contributed by atoms with Crippen molar-refractivity contribution in [1.82, 2.24) is 29.9 Å². The number of halogens is 6. The van der Waals surface area contributed by atoms with Crippen molar-refractivity contribution in [3.63, 3.8) is 0 Å². The maximum absolute atomic E-state index is 15.1. The van der Waals surface area contributed by atoms with E-state index >= 15 is 4.39 Å². The summed E-state index contributed by atoms with van der Waals surface area (Å²) in [6.45, 7) is -1.57. The molecular weight excluding hydrogens is 523 g/mol. The van der Waals surface area contributed by atoms with E-state index in [1.54, 1.807) is 5.32 Å². The maximum Gasteiger partial charge on any atom is 0.405 e. The molecule has 0 fully saturated rings. The normalized spacial score (nSPS) is 11.8. The summed E-state index contributed by atoms with van der Waals surface area (Å²) >= 11 is 5.77. The molecule has 5 N–H and O–H groups in total. The van der Waals surface area contributed by atoms with Crippen LogP contribution >= 0.6 is 11.6 Å². The maximum atomic E-state index is 15.1. The number of nitrogen functional groups attached to an aromatic ring is 1. The number of rotatable bonds is 5. The summed E-state index contributed by atoms with van der Waals surface area (Å²) in [7, 11) is 0. The molecule has 2 aromatic carbocycles. The Morgan fingerprint density at radius 1 is 1.16 bits per heavy atom. The van der Waals surface area contributed by atoms with E-state index in [4.69, 9.17) is 17.3 Å². The Balaban J connectivity index is 1.52. The van der Waals surface area contributed by atoms with Gasteiger partial charge in [0.2, 0.25) is 5.95 Å². The van der Waals surface area contributed by atoms with E-state index in [0.717, 1.165) is 18.5 Å². The third-order valence-corrected chi connectivity index (χ3v) is 5.62. The van der Waals surface area contributed by atoms with Gasteiger partial charge in [-0.15, -0.1) is 0 Å². The molecule has 9 nitrogen and oxygen atoms in total. The van der Waals surface area contributed by atoms with Gasteiger partial charge >= 0.3 is 6.18 Å². The van der Waals surface area contributed by atoms with Gasteiger partial charge in [0, 0.05) is 17.8 Å². The molecule has 5 rings (SSSR count). The first-order valence-electron chi connectivity index (χ1n) is 10.4. The van der Waals surface area contributed by atoms with E-state index in [1.165, 1.54) is 28.9 Å². The predicted molar refractivity (Wildman–Crippen MR) is 126 cm³/mol. The fourth-order valence-electron chi connectivity index (χ4n) is 3.74. The number of alkyl halides is 3. The van der Waals surface area contributed by atoms with Crippen molar-refractivity contribution in [2.45, 2.75) is 6.18 Å². The van der Waals surface area contributed by atoms with Crippen molar-refractivity contribution >= 4 is 51.5 Å². The molecule has 37 heavy (non-hydrogen) atoms. The molecule has 0 atom stereocenters. The van der Waals surface area contributed by atoms with Crippen molar-refractivity contribution in [3.8, 4) is 11.1 Å². The van der Waals surface area contributed by atoms with E-state index in [2.05, 4.69) is 25.4 Å². The highest BCUT2D eigenvalue weighted by Crippen LogP contribution is 2.35. The first-order chi connectivity index (χ1) is 17.5. The van der Waals surface area contributed by atoms with Crippen molar-refractivity contribution < 1.29 is 26.7 Å². The lowest BCUT2D eigenvalue weighted by molar-refractivity contribution is -0.123. The zero-order chi connectivity index (χ0) is 26.5. The second kappa shape index (κ2) is 8.89. The molecule has 0 unspecified atom stereocenters. The molecule has 0 aliphatic carbocycles. The molecule has 0 saturated carbocycles. The highest BCUT2D eigenvalue weighted by Gasteiger charge is 2.29. The second-order valence-corrected chi connectivity index (χ2v) is 8.25. The molecule has 1 amide bonds. The van der Waals surface area contributed by atoms with Crippen LogP contribution in [0.1, 0.15) is 10.4 Å². The molecule has 0 bridgehead atoms. The topological polar surface area (TPSA) is 126 Å². The number of nitrogens with one attached hydrogen (secondary N) is 3. The summed E-state index contributed by atoms with van der Waals surface area (Å²) in [4.78, 5) is 23.5. The van der Waals surface area contributed by atoms with Gasteiger partial charge in [-0.05, 0) is 23.8 Å². The number of H-pyrrole nitrogens is 1. The van der Waals surface area contributed by atoms with Crippen LogP contribution in [0.2, 0.25) is 5.02 Å². The number of nitrogens with zero attached hydrogens (tertiary/aromatic N) is 4. The largest absolute Gasteiger partial charge is 0.405 e. The Hall–Kier alpha value is -4.46. The summed E-state index contributed by atoms with van der Waals surface area (Å²) in [5.74, 6) is -2.48. The number of hydrogen-bond acceptors (Lipinski definition) is 6. The summed E-state index contributed by atoms with van der Waals surface area (Å²) in [5.41, 5.74) is 6.63. The monoisotopic (exact) mass is 536 g/mol. The highest BCUT2D eigenvalue weighted by molar-refractivity contribution is 6.31. The third-order valence-electron chi connectivity index (χ3n) is 5.33. The number of fused-ring (bicyclic) bond motifs is 2. The van der Waals surface area contributed by atoms with Crippen molar-refractivity contribution in [2.24, 2.45) is 0 Å². The number of carbonyl (C=O) groups is 1. The quantitative estimate of drug-likeness (QED) is 0.239. The minimum absolute atomic E-state index is 0.0369. The Morgan fingerprint density at radius 2 is 1.95 bits per heavy atom. The van der Waals surface area contributed by atoms with Crippen LogP contribution in [0.3, 0.4) is 0 Å². The lowest BCUT2D eigenvalue weighted by Gasteiger charge is -2.11. The van der Waals surface area contributed by atoms with Crippen LogP contribution in [0.4, 0.5) is 39.4 Å². The number of carbonyl (C=O) groups excluding carboxylic acids is 1. The van der Waals surface area contributed by atoms with Crippen molar-refractivity contribution in [3.05, 3.63) is 65.1 Å². The molecule has 0 aliphatic rings. The van der Waals surface area contributed by atoms with Gasteiger partial charge in [0.15, 0.2) is 5.82 Å². The van der Waals surface area contributed by atoms with Gasteiger partial charge in [-0.3, -0.25) is 4.79 Å². The predicted octanol–water partition coefficient (Wildman–Crippen LogP) is 4.82. The van der Waals surface area contributed by atoms with Crippen LogP contribution in [0.25, 0.3) is 27.7 Å². The molecule has 0 radical (unpaired) electrons. The fourth-order valence-corrected chi connectivity index (χ4v) is 3.90. The molecule has 0 spiro atoms. The molecular formula is C22H14ClF5N8O. The Morgan fingerprint density at radius 3 is 2.68 bits per heavy atom. The molecule has 3 heterocycles. The van der Waals surface area contributed by atoms with E-state index in [9.17, 15) is 22.4 Å². The van der Waals surface area contributed by atoms with Gasteiger partial charge in [-0.1, -0.05) is 17.7 Å². The smallest absolute Gasteiger partial charge is 0.382 e. The van der Waals surface area contributed by atoms with Crippen molar-refractivity contribution in [1.29, 1.82) is 0 Å². The van der Waals surface area contributed by atoms with Crippen LogP contribution < -0.4 is 16.4 Å². The second-order valence-electron chi connectivity index (χ2n) is 7.84. The first-order valence-corrected chi connectivity index (χ1v) is 10.8. The number of imidazole rings is 1. The SMILES string of the molecule is Nc1ncnn2cc(C(=O)NCC(F)(F)F)c(-c3ccc(Nc4nc5cc(Cl)c(F)cc5[nH]4)c(F)c3)c12. The molecule has 190 valence electrons. The number of nitrogens with two attached hydrogens (primary N) is 1. The number of benzene rings is 2. The van der Waals surface area contributed by atoms with E-state index in [0.29, 0.717) is 11.0 Å². The lowest BCUT2D eigenvalue weighted by atomic mass is 10.0. The number of amides is 1. The molecule has 0 saturated heterocycles. The van der Waals surface area contributed by atoms with Crippen LogP contribution in [0, 0.1) is 11.6 Å². The van der Waals surface area contributed by atoms with E-state index in [1.807, 2.05) is 0 Å². The average Bonchev–Trinajstić information content (AvgIpc) is 3.40. The number of anilines is 3. The van der Waals surface area contributed by atoms with Gasteiger partial charge < -0.3 is 21.4 Å². The minimum Gasteiger partial charge on any atom is -0.382 e. The molecule has 15 heteroatoms. The molecule has 5 aromatic rings. The highest BCUT2D eigenvalue weighted by atomic mass is 35.5. The average molecular weight is 537 g/mol. The minimum atomic E-state index is -4.64. The van der Waals surface area contributed by atoms with Gasteiger partial charge in [0.05, 0.1) is 27.3 Å². The summed E-state index contributed by atoms with van der Waals surface area (Å²) in [6, 6.07) is 6.26. The zero-order valence-corrected chi connectivity index (χ0v) is 19.0.